The summed E-state index contributed by atoms with van der Waals surface area (Å²) in [6.45, 7) is 3.51. The normalized spacial score (nSPS) is 12.3. The van der Waals surface area contributed by atoms with Gasteiger partial charge in [-0.25, -0.2) is 4.98 Å². The second-order valence-corrected chi connectivity index (χ2v) is 8.61. The summed E-state index contributed by atoms with van der Waals surface area (Å²) in [6.07, 6.45) is 0.868. The third-order valence-electron chi connectivity index (χ3n) is 4.89. The first kappa shape index (κ1) is 22.1. The first-order valence-corrected chi connectivity index (χ1v) is 11.2. The highest BCUT2D eigenvalue weighted by Crippen LogP contribution is 2.19. The number of hydrogen-bond acceptors (Lipinski definition) is 4. The molecule has 0 saturated carbocycles. The molecule has 1 amide bonds. The van der Waals surface area contributed by atoms with E-state index in [1.807, 2.05) is 55.5 Å². The molecule has 0 aliphatic rings. The molecule has 2 aromatic carbocycles. The Balaban J connectivity index is 1.75. The number of carbonyl (C=O) groups is 1. The maximum absolute atomic E-state index is 13.0. The van der Waals surface area contributed by atoms with E-state index in [0.29, 0.717) is 22.6 Å². The molecule has 2 N–H and O–H groups in total. The number of benzene rings is 2. The molecule has 0 radical (unpaired) electrons. The second-order valence-electron chi connectivity index (χ2n) is 7.67. The highest BCUT2D eigenvalue weighted by Gasteiger charge is 2.15. The summed E-state index contributed by atoms with van der Waals surface area (Å²) in [6, 6.07) is 17.2. The quantitative estimate of drug-likeness (QED) is 0.406. The van der Waals surface area contributed by atoms with Gasteiger partial charge < -0.3 is 10.2 Å². The molecule has 7 heteroatoms. The Hall–Kier alpha value is -2.64. The van der Waals surface area contributed by atoms with E-state index in [-0.39, 0.29) is 23.3 Å². The van der Waals surface area contributed by atoms with Gasteiger partial charge in [0.15, 0.2) is 5.16 Å². The van der Waals surface area contributed by atoms with Gasteiger partial charge >= 0.3 is 0 Å². The molecular weight excluding hydrogens is 396 g/mol. The van der Waals surface area contributed by atoms with Crippen molar-refractivity contribution in [1.29, 1.82) is 0 Å². The number of fused-ring (bicyclic) bond motifs is 1. The zero-order valence-electron chi connectivity index (χ0n) is 17.7. The molecule has 0 aliphatic carbocycles. The zero-order valence-corrected chi connectivity index (χ0v) is 18.5. The minimum atomic E-state index is -0.0805. The molecule has 0 bridgehead atoms. The highest BCUT2D eigenvalue weighted by atomic mass is 32.2. The number of hydrogen-bond donors (Lipinski definition) is 2. The molecule has 0 spiro atoms. The van der Waals surface area contributed by atoms with Crippen LogP contribution in [-0.2, 0) is 11.3 Å². The van der Waals surface area contributed by atoms with E-state index < -0.39 is 0 Å². The lowest BCUT2D eigenvalue weighted by molar-refractivity contribution is -0.858. The van der Waals surface area contributed by atoms with Crippen LogP contribution in [-0.4, -0.2) is 41.9 Å². The average molecular weight is 426 g/mol. The van der Waals surface area contributed by atoms with Crippen LogP contribution in [0.4, 0.5) is 0 Å². The van der Waals surface area contributed by atoms with Crippen molar-refractivity contribution in [3.05, 3.63) is 70.5 Å². The number of rotatable bonds is 9. The summed E-state index contributed by atoms with van der Waals surface area (Å²) in [5.74, 6) is 0.129. The van der Waals surface area contributed by atoms with Crippen LogP contribution >= 0.6 is 11.8 Å². The van der Waals surface area contributed by atoms with Gasteiger partial charge in [-0.05, 0) is 24.6 Å². The predicted molar refractivity (Wildman–Crippen MR) is 122 cm³/mol. The van der Waals surface area contributed by atoms with Crippen LogP contribution in [0.1, 0.15) is 24.9 Å². The minimum absolute atomic E-state index is 0.0464. The number of para-hydroxylation sites is 1. The number of nitrogens with one attached hydrogen (secondary N) is 2. The van der Waals surface area contributed by atoms with Crippen molar-refractivity contribution in [2.24, 2.45) is 0 Å². The maximum atomic E-state index is 13.0. The fraction of sp³-hybridized carbons (Fsp3) is 0.348. The Morgan fingerprint density at radius 1 is 1.13 bits per heavy atom. The predicted octanol–water partition coefficient (Wildman–Crippen LogP) is 1.90. The lowest BCUT2D eigenvalue weighted by Gasteiger charge is -2.16. The minimum Gasteiger partial charge on any atom is -0.349 e. The molecular formula is C23H29N4O2S+. The number of carbonyl (C=O) groups excluding carboxylic acids is 1. The number of thioether (sulfide) groups is 1. The third kappa shape index (κ3) is 5.70. The van der Waals surface area contributed by atoms with Gasteiger partial charge in [0.05, 0.1) is 43.3 Å². The monoisotopic (exact) mass is 425 g/mol. The Kier molecular flexibility index (Phi) is 7.65. The van der Waals surface area contributed by atoms with Gasteiger partial charge in [0.2, 0.25) is 5.91 Å². The van der Waals surface area contributed by atoms with E-state index in [9.17, 15) is 9.59 Å². The molecule has 0 unspecified atom stereocenters. The topological polar surface area (TPSA) is 68.4 Å². The highest BCUT2D eigenvalue weighted by molar-refractivity contribution is 7.99. The molecule has 158 valence electrons. The Bertz CT molecular complexity index is 1050. The Morgan fingerprint density at radius 2 is 1.83 bits per heavy atom. The first-order chi connectivity index (χ1) is 14.5. The van der Waals surface area contributed by atoms with E-state index >= 15 is 0 Å². The maximum Gasteiger partial charge on any atom is 0.262 e. The van der Waals surface area contributed by atoms with Gasteiger partial charge in [0.1, 0.15) is 0 Å². The first-order valence-electron chi connectivity index (χ1n) is 10.2. The van der Waals surface area contributed by atoms with E-state index in [1.54, 1.807) is 10.6 Å². The van der Waals surface area contributed by atoms with Crippen LogP contribution in [0.25, 0.3) is 10.9 Å². The third-order valence-corrected chi connectivity index (χ3v) is 5.87. The summed E-state index contributed by atoms with van der Waals surface area (Å²) in [5.41, 5.74) is 1.68. The van der Waals surface area contributed by atoms with E-state index in [0.717, 1.165) is 18.5 Å². The van der Waals surface area contributed by atoms with Gasteiger partial charge in [-0.1, -0.05) is 54.2 Å². The number of quaternary nitrogens is 1. The van der Waals surface area contributed by atoms with Gasteiger partial charge in [-0.15, -0.1) is 0 Å². The largest absolute Gasteiger partial charge is 0.349 e. The summed E-state index contributed by atoms with van der Waals surface area (Å²) in [4.78, 5) is 31.6. The van der Waals surface area contributed by atoms with Gasteiger partial charge in [-0.2, -0.15) is 0 Å². The fourth-order valence-corrected chi connectivity index (χ4v) is 4.12. The number of aromatic nitrogens is 2. The van der Waals surface area contributed by atoms with Crippen molar-refractivity contribution in [2.45, 2.75) is 31.1 Å². The van der Waals surface area contributed by atoms with Crippen LogP contribution in [0.2, 0.25) is 0 Å². The summed E-state index contributed by atoms with van der Waals surface area (Å²) in [7, 11) is 4.19. The molecule has 0 fully saturated rings. The van der Waals surface area contributed by atoms with Crippen molar-refractivity contribution in [2.75, 3.05) is 26.4 Å². The molecule has 1 atom stereocenters. The molecule has 0 saturated heterocycles. The van der Waals surface area contributed by atoms with E-state index in [2.05, 4.69) is 24.4 Å². The molecule has 3 rings (SSSR count). The second kappa shape index (κ2) is 10.4. The van der Waals surface area contributed by atoms with Crippen LogP contribution in [0.5, 0.6) is 0 Å². The van der Waals surface area contributed by atoms with Crippen LogP contribution in [0.3, 0.4) is 0 Å². The van der Waals surface area contributed by atoms with Gasteiger partial charge in [-0.3, -0.25) is 14.2 Å². The van der Waals surface area contributed by atoms with Crippen molar-refractivity contribution in [3.8, 4) is 0 Å². The van der Waals surface area contributed by atoms with Crippen molar-refractivity contribution >= 4 is 28.6 Å². The summed E-state index contributed by atoms with van der Waals surface area (Å²) < 4.78 is 1.71. The molecule has 30 heavy (non-hydrogen) atoms. The van der Waals surface area contributed by atoms with Crippen LogP contribution in [0, 0.1) is 0 Å². The average Bonchev–Trinajstić information content (AvgIpc) is 2.74. The smallest absolute Gasteiger partial charge is 0.262 e. The van der Waals surface area contributed by atoms with Gasteiger partial charge in [0.25, 0.3) is 5.56 Å². The summed E-state index contributed by atoms with van der Waals surface area (Å²) >= 11 is 1.31. The van der Waals surface area contributed by atoms with E-state index in [1.165, 1.54) is 16.7 Å². The molecule has 1 aromatic heterocycles. The Morgan fingerprint density at radius 3 is 2.57 bits per heavy atom. The van der Waals surface area contributed by atoms with Crippen LogP contribution < -0.4 is 15.8 Å². The lowest BCUT2D eigenvalue weighted by atomic mass is 10.1. The standard InChI is InChI=1S/C23H28N4O2S/c1-17(18-10-5-4-6-11-18)24-21(28)16-30-23-25-20-13-8-7-12-19(20)22(29)27(23)15-9-14-26(2)3/h4-8,10-13,17H,9,14-16H2,1-3H3,(H,24,28)/p+1/t17-/m1/s1. The van der Waals surface area contributed by atoms with E-state index in [4.69, 9.17) is 0 Å². The zero-order chi connectivity index (χ0) is 21.5. The molecule has 1 heterocycles. The van der Waals surface area contributed by atoms with Crippen molar-refractivity contribution in [3.63, 3.8) is 0 Å². The Labute approximate surface area is 181 Å². The van der Waals surface area contributed by atoms with Gasteiger partial charge in [0, 0.05) is 13.0 Å². The van der Waals surface area contributed by atoms with Crippen molar-refractivity contribution in [1.82, 2.24) is 14.9 Å². The SMILES string of the molecule is C[C@@H](NC(=O)CSc1nc2ccccc2c(=O)n1CCC[NH+](C)C)c1ccccc1. The molecule has 0 aliphatic heterocycles. The van der Waals surface area contributed by atoms with Crippen LogP contribution in [0.15, 0.2) is 64.5 Å². The fourth-order valence-electron chi connectivity index (χ4n) is 3.28. The van der Waals surface area contributed by atoms with Crippen molar-refractivity contribution < 1.29 is 9.69 Å². The summed E-state index contributed by atoms with van der Waals surface area (Å²) in [5, 5.41) is 4.22. The lowest BCUT2D eigenvalue weighted by Crippen LogP contribution is -3.05. The molecule has 3 aromatic rings. The molecule has 6 nitrogen and oxygen atoms in total. The number of nitrogens with zero attached hydrogens (tertiary/aromatic N) is 2. The number of amides is 1.